The highest BCUT2D eigenvalue weighted by atomic mass is 14.1. The van der Waals surface area contributed by atoms with E-state index in [2.05, 4.69) is 51.5 Å². The Morgan fingerprint density at radius 1 is 1.00 bits per heavy atom. The van der Waals surface area contributed by atoms with E-state index >= 15 is 0 Å². The van der Waals surface area contributed by atoms with Gasteiger partial charge in [-0.1, -0.05) is 51.1 Å². The largest absolute Gasteiger partial charge is 0.0622 e. The first-order chi connectivity index (χ1) is 5.08. The van der Waals surface area contributed by atoms with E-state index in [-0.39, 0.29) is 5.41 Å². The Morgan fingerprint density at radius 2 is 1.55 bits per heavy atom. The maximum Gasteiger partial charge on any atom is -0.00394 e. The molecule has 1 aromatic carbocycles. The fourth-order valence-corrected chi connectivity index (χ4v) is 1.05. The summed E-state index contributed by atoms with van der Waals surface area (Å²) in [7, 11) is 0. The first-order valence-corrected chi connectivity index (χ1v) is 3.99. The molecular weight excluding hydrogens is 132 g/mol. The van der Waals surface area contributed by atoms with Crippen molar-refractivity contribution in [3.05, 3.63) is 42.3 Å². The first-order valence-electron chi connectivity index (χ1n) is 3.99. The summed E-state index contributed by atoms with van der Waals surface area (Å²) < 4.78 is 0. The molecule has 0 fully saturated rings. The molecule has 0 aliphatic rings. The lowest BCUT2D eigenvalue weighted by Crippen LogP contribution is -2.05. The third-order valence-corrected chi connectivity index (χ3v) is 1.40. The molecule has 1 radical (unpaired) electrons. The number of benzene rings is 1. The smallest absolute Gasteiger partial charge is 0.00394 e. The average Bonchev–Trinajstić information content (AvgIpc) is 1.85. The Labute approximate surface area is 69.3 Å². The van der Waals surface area contributed by atoms with Gasteiger partial charge >= 0.3 is 0 Å². The average molecular weight is 147 g/mol. The Morgan fingerprint density at radius 3 is 2.00 bits per heavy atom. The van der Waals surface area contributed by atoms with E-state index in [4.69, 9.17) is 0 Å². The van der Waals surface area contributed by atoms with Crippen LogP contribution in [0.1, 0.15) is 26.3 Å². The zero-order chi connectivity index (χ0) is 8.32. The predicted molar refractivity (Wildman–Crippen MR) is 49.3 cm³/mol. The van der Waals surface area contributed by atoms with Crippen molar-refractivity contribution in [2.24, 2.45) is 5.41 Å². The zero-order valence-electron chi connectivity index (χ0n) is 7.46. The Hall–Kier alpha value is -0.780. The summed E-state index contributed by atoms with van der Waals surface area (Å²) >= 11 is 0. The minimum absolute atomic E-state index is 0.279. The monoisotopic (exact) mass is 147 g/mol. The van der Waals surface area contributed by atoms with Gasteiger partial charge in [-0.2, -0.15) is 0 Å². The second-order valence-electron chi connectivity index (χ2n) is 3.92. The van der Waals surface area contributed by atoms with Gasteiger partial charge in [-0.3, -0.25) is 0 Å². The van der Waals surface area contributed by atoms with Crippen LogP contribution < -0.4 is 0 Å². The van der Waals surface area contributed by atoms with Crippen LogP contribution in [-0.4, -0.2) is 0 Å². The molecular formula is C11H15. The minimum Gasteiger partial charge on any atom is -0.0622 e. The molecule has 11 heavy (non-hydrogen) atoms. The van der Waals surface area contributed by atoms with Crippen molar-refractivity contribution in [1.29, 1.82) is 0 Å². The summed E-state index contributed by atoms with van der Waals surface area (Å²) in [6.07, 6.45) is 2.27. The molecule has 0 aliphatic carbocycles. The molecule has 0 amide bonds. The molecule has 0 heteroatoms. The fourth-order valence-electron chi connectivity index (χ4n) is 1.05. The lowest BCUT2D eigenvalue weighted by molar-refractivity contribution is 0.506. The van der Waals surface area contributed by atoms with Crippen LogP contribution in [0.3, 0.4) is 0 Å². The fraction of sp³-hybridized carbons (Fsp3) is 0.364. The maximum atomic E-state index is 2.27. The van der Waals surface area contributed by atoms with Crippen LogP contribution in [0, 0.1) is 11.8 Å². The summed E-state index contributed by atoms with van der Waals surface area (Å²) in [5.41, 5.74) is 1.58. The van der Waals surface area contributed by atoms with Crippen LogP contribution >= 0.6 is 0 Å². The Kier molecular flexibility index (Phi) is 2.33. The van der Waals surface area contributed by atoms with Gasteiger partial charge in [0.15, 0.2) is 0 Å². The molecule has 0 aliphatic heterocycles. The van der Waals surface area contributed by atoms with Crippen LogP contribution in [-0.2, 0) is 0 Å². The van der Waals surface area contributed by atoms with Crippen LogP contribution in [0.2, 0.25) is 0 Å². The van der Waals surface area contributed by atoms with E-state index in [1.165, 1.54) is 5.56 Å². The van der Waals surface area contributed by atoms with Crippen LogP contribution in [0.25, 0.3) is 0 Å². The highest BCUT2D eigenvalue weighted by Crippen LogP contribution is 2.22. The molecule has 0 aromatic heterocycles. The molecule has 1 rings (SSSR count). The van der Waals surface area contributed by atoms with Crippen LogP contribution in [0.4, 0.5) is 0 Å². The van der Waals surface area contributed by atoms with Crippen molar-refractivity contribution in [2.45, 2.75) is 20.8 Å². The van der Waals surface area contributed by atoms with Crippen molar-refractivity contribution in [2.75, 3.05) is 0 Å². The van der Waals surface area contributed by atoms with Gasteiger partial charge in [-0.15, -0.1) is 0 Å². The van der Waals surface area contributed by atoms with Gasteiger partial charge < -0.3 is 0 Å². The molecule has 0 nitrogen and oxygen atoms in total. The Bertz CT molecular complexity index is 203. The summed E-state index contributed by atoms with van der Waals surface area (Å²) in [6.45, 7) is 6.62. The maximum absolute atomic E-state index is 2.27. The zero-order valence-corrected chi connectivity index (χ0v) is 7.46. The van der Waals surface area contributed by atoms with Gasteiger partial charge in [-0.25, -0.2) is 0 Å². The number of hydrogen-bond donors (Lipinski definition) is 0. The highest BCUT2D eigenvalue weighted by Gasteiger charge is 2.10. The summed E-state index contributed by atoms with van der Waals surface area (Å²) in [6, 6.07) is 10.4. The van der Waals surface area contributed by atoms with Crippen molar-refractivity contribution in [3.63, 3.8) is 0 Å². The SMILES string of the molecule is CC(C)(C)[CH]c1ccccc1. The molecule has 0 saturated heterocycles. The lowest BCUT2D eigenvalue weighted by atomic mass is 9.88. The first kappa shape index (κ1) is 8.32. The van der Waals surface area contributed by atoms with E-state index in [9.17, 15) is 0 Å². The summed E-state index contributed by atoms with van der Waals surface area (Å²) in [4.78, 5) is 0. The minimum atomic E-state index is 0.279. The van der Waals surface area contributed by atoms with E-state index < -0.39 is 0 Å². The molecule has 0 bridgehead atoms. The summed E-state index contributed by atoms with van der Waals surface area (Å²) in [5.74, 6) is 0. The normalized spacial score (nSPS) is 11.5. The standard InChI is InChI=1S/C11H15/c1-11(2,3)9-10-7-5-4-6-8-10/h4-9H,1-3H3. The van der Waals surface area contributed by atoms with E-state index in [0.717, 1.165) is 0 Å². The van der Waals surface area contributed by atoms with Gasteiger partial charge in [0.2, 0.25) is 0 Å². The highest BCUT2D eigenvalue weighted by molar-refractivity contribution is 5.24. The van der Waals surface area contributed by atoms with Gasteiger partial charge in [-0.05, 0) is 17.4 Å². The second kappa shape index (κ2) is 3.08. The van der Waals surface area contributed by atoms with Gasteiger partial charge in [0.05, 0.1) is 0 Å². The molecule has 0 heterocycles. The number of rotatable bonds is 1. The van der Waals surface area contributed by atoms with E-state index in [0.29, 0.717) is 0 Å². The molecule has 0 unspecified atom stereocenters. The van der Waals surface area contributed by atoms with Crippen LogP contribution in [0.15, 0.2) is 30.3 Å². The quantitative estimate of drug-likeness (QED) is 0.572. The molecule has 1 aromatic rings. The van der Waals surface area contributed by atoms with E-state index in [1.807, 2.05) is 6.07 Å². The molecule has 0 N–H and O–H groups in total. The van der Waals surface area contributed by atoms with Gasteiger partial charge in [0.25, 0.3) is 0 Å². The van der Waals surface area contributed by atoms with E-state index in [1.54, 1.807) is 0 Å². The second-order valence-corrected chi connectivity index (χ2v) is 3.92. The van der Waals surface area contributed by atoms with Crippen molar-refractivity contribution < 1.29 is 0 Å². The topological polar surface area (TPSA) is 0 Å². The lowest BCUT2D eigenvalue weighted by Gasteiger charge is -2.17. The van der Waals surface area contributed by atoms with Crippen LogP contribution in [0.5, 0.6) is 0 Å². The van der Waals surface area contributed by atoms with Crippen molar-refractivity contribution in [1.82, 2.24) is 0 Å². The molecule has 59 valence electrons. The molecule has 0 atom stereocenters. The van der Waals surface area contributed by atoms with Gasteiger partial charge in [0, 0.05) is 0 Å². The predicted octanol–water partition coefficient (Wildman–Crippen LogP) is 3.29. The third kappa shape index (κ3) is 3.22. The molecule has 0 saturated carbocycles. The van der Waals surface area contributed by atoms with Gasteiger partial charge in [0.1, 0.15) is 0 Å². The number of hydrogen-bond acceptors (Lipinski definition) is 0. The third-order valence-electron chi connectivity index (χ3n) is 1.40. The summed E-state index contributed by atoms with van der Waals surface area (Å²) in [5, 5.41) is 0. The molecule has 0 spiro atoms. The van der Waals surface area contributed by atoms with Crippen molar-refractivity contribution in [3.8, 4) is 0 Å². The Balaban J connectivity index is 2.66. The van der Waals surface area contributed by atoms with Crippen molar-refractivity contribution >= 4 is 0 Å².